The molecule has 3 rings (SSSR count). The molecule has 1 aliphatic heterocycles. The van der Waals surface area contributed by atoms with Crippen molar-refractivity contribution < 1.29 is 4.79 Å². The van der Waals surface area contributed by atoms with E-state index < -0.39 is 0 Å². The summed E-state index contributed by atoms with van der Waals surface area (Å²) in [6, 6.07) is 6.14. The van der Waals surface area contributed by atoms with Crippen molar-refractivity contribution in [3.05, 3.63) is 35.0 Å². The molecule has 1 saturated heterocycles. The van der Waals surface area contributed by atoms with Gasteiger partial charge < -0.3 is 15.2 Å². The van der Waals surface area contributed by atoms with Crippen LogP contribution >= 0.6 is 11.6 Å². The monoisotopic (exact) mass is 291 g/mol. The van der Waals surface area contributed by atoms with Gasteiger partial charge in [0.2, 0.25) is 0 Å². The number of amides is 2. The predicted octanol–water partition coefficient (Wildman–Crippen LogP) is 3.34. The third-order valence-electron chi connectivity index (χ3n) is 4.10. The van der Waals surface area contributed by atoms with Gasteiger partial charge in [-0.15, -0.1) is 0 Å². The number of halogens is 1. The Hall–Kier alpha value is -1.68. The number of urea groups is 1. The Kier molecular flexibility index (Phi) is 3.57. The van der Waals surface area contributed by atoms with E-state index in [1.54, 1.807) is 7.05 Å². The number of carbonyl (C=O) groups excluding carboxylic acids is 1. The third-order valence-corrected chi connectivity index (χ3v) is 4.32. The SMILES string of the molecule is CNC(=O)N1CCC(c2cc(Cl)cc3[nH]ccc23)CC1. The lowest BCUT2D eigenvalue weighted by Gasteiger charge is -2.32. The smallest absolute Gasteiger partial charge is 0.317 e. The number of fused-ring (bicyclic) bond motifs is 1. The highest BCUT2D eigenvalue weighted by atomic mass is 35.5. The van der Waals surface area contributed by atoms with Crippen molar-refractivity contribution in [1.29, 1.82) is 0 Å². The van der Waals surface area contributed by atoms with E-state index in [1.807, 2.05) is 17.2 Å². The van der Waals surface area contributed by atoms with Gasteiger partial charge in [0, 0.05) is 42.3 Å². The number of hydrogen-bond acceptors (Lipinski definition) is 1. The van der Waals surface area contributed by atoms with Crippen LogP contribution in [0.25, 0.3) is 10.9 Å². The number of likely N-dealkylation sites (tertiary alicyclic amines) is 1. The molecule has 20 heavy (non-hydrogen) atoms. The van der Waals surface area contributed by atoms with Crippen LogP contribution in [-0.4, -0.2) is 36.1 Å². The normalized spacial score (nSPS) is 16.6. The first kappa shape index (κ1) is 13.3. The molecule has 0 bridgehead atoms. The second-order valence-corrected chi connectivity index (χ2v) is 5.69. The number of H-pyrrole nitrogens is 1. The van der Waals surface area contributed by atoms with Gasteiger partial charge in [-0.2, -0.15) is 0 Å². The molecule has 5 heteroatoms. The van der Waals surface area contributed by atoms with Crippen LogP contribution in [0.3, 0.4) is 0 Å². The minimum Gasteiger partial charge on any atom is -0.361 e. The fraction of sp³-hybridized carbons (Fsp3) is 0.400. The zero-order valence-corrected chi connectivity index (χ0v) is 12.2. The van der Waals surface area contributed by atoms with Gasteiger partial charge in [0.1, 0.15) is 0 Å². The molecule has 1 fully saturated rings. The fourth-order valence-electron chi connectivity index (χ4n) is 3.05. The Morgan fingerprint density at radius 1 is 1.40 bits per heavy atom. The molecule has 4 nitrogen and oxygen atoms in total. The van der Waals surface area contributed by atoms with Gasteiger partial charge in [0.05, 0.1) is 0 Å². The van der Waals surface area contributed by atoms with Crippen LogP contribution in [0, 0.1) is 0 Å². The topological polar surface area (TPSA) is 48.1 Å². The quantitative estimate of drug-likeness (QED) is 0.832. The van der Waals surface area contributed by atoms with E-state index in [2.05, 4.69) is 22.4 Å². The maximum Gasteiger partial charge on any atom is 0.317 e. The summed E-state index contributed by atoms with van der Waals surface area (Å²) in [5.41, 5.74) is 2.38. The molecule has 0 atom stereocenters. The maximum absolute atomic E-state index is 11.6. The molecule has 0 spiro atoms. The molecule has 1 aromatic carbocycles. The molecule has 0 saturated carbocycles. The summed E-state index contributed by atoms with van der Waals surface area (Å²) in [6.07, 6.45) is 3.91. The molecule has 106 valence electrons. The van der Waals surface area contributed by atoms with Gasteiger partial charge in [-0.05, 0) is 42.5 Å². The first-order valence-electron chi connectivity index (χ1n) is 6.92. The summed E-state index contributed by atoms with van der Waals surface area (Å²) in [5, 5.41) is 4.70. The Labute approximate surface area is 123 Å². The molecule has 1 aliphatic rings. The van der Waals surface area contributed by atoms with Crippen molar-refractivity contribution in [2.75, 3.05) is 20.1 Å². The average molecular weight is 292 g/mol. The van der Waals surface area contributed by atoms with Crippen LogP contribution in [0.5, 0.6) is 0 Å². The Bertz CT molecular complexity index is 629. The molecule has 1 aromatic heterocycles. The standard InChI is InChI=1S/C15H18ClN3O/c1-17-15(20)19-6-3-10(4-7-19)13-8-11(16)9-14-12(13)2-5-18-14/h2,5,8-10,18H,3-4,6-7H2,1H3,(H,17,20). The molecule has 0 aliphatic carbocycles. The van der Waals surface area contributed by atoms with Crippen molar-refractivity contribution in [3.8, 4) is 0 Å². The van der Waals surface area contributed by atoms with Crippen LogP contribution in [0.4, 0.5) is 4.79 Å². The molecule has 2 amide bonds. The Morgan fingerprint density at radius 2 is 2.15 bits per heavy atom. The Morgan fingerprint density at radius 3 is 2.85 bits per heavy atom. The van der Waals surface area contributed by atoms with Crippen molar-refractivity contribution in [1.82, 2.24) is 15.2 Å². The molecule has 0 radical (unpaired) electrons. The van der Waals surface area contributed by atoms with E-state index in [1.165, 1.54) is 10.9 Å². The number of nitrogens with one attached hydrogen (secondary N) is 2. The van der Waals surface area contributed by atoms with E-state index in [4.69, 9.17) is 11.6 Å². The molecular formula is C15H18ClN3O. The predicted molar refractivity (Wildman–Crippen MR) is 81.3 cm³/mol. The summed E-state index contributed by atoms with van der Waals surface area (Å²) in [6.45, 7) is 1.59. The first-order valence-corrected chi connectivity index (χ1v) is 7.30. The molecular weight excluding hydrogens is 274 g/mol. The number of hydrogen-bond donors (Lipinski definition) is 2. The van der Waals surface area contributed by atoms with E-state index in [-0.39, 0.29) is 6.03 Å². The third kappa shape index (κ3) is 2.36. The highest BCUT2D eigenvalue weighted by Gasteiger charge is 2.24. The van der Waals surface area contributed by atoms with Crippen molar-refractivity contribution in [3.63, 3.8) is 0 Å². The van der Waals surface area contributed by atoms with Crippen LogP contribution in [0.2, 0.25) is 5.02 Å². The second kappa shape index (κ2) is 5.37. The minimum absolute atomic E-state index is 0.0151. The highest BCUT2D eigenvalue weighted by Crippen LogP contribution is 2.34. The number of piperidine rings is 1. The van der Waals surface area contributed by atoms with E-state index in [0.29, 0.717) is 5.92 Å². The molecule has 0 unspecified atom stereocenters. The van der Waals surface area contributed by atoms with Gasteiger partial charge >= 0.3 is 6.03 Å². The number of aromatic nitrogens is 1. The van der Waals surface area contributed by atoms with Gasteiger partial charge in [0.15, 0.2) is 0 Å². The van der Waals surface area contributed by atoms with Crippen molar-refractivity contribution in [2.45, 2.75) is 18.8 Å². The molecule has 2 heterocycles. The van der Waals surface area contributed by atoms with Crippen LogP contribution < -0.4 is 5.32 Å². The van der Waals surface area contributed by atoms with Gasteiger partial charge in [-0.1, -0.05) is 11.6 Å². The lowest BCUT2D eigenvalue weighted by atomic mass is 9.87. The number of benzene rings is 1. The molecule has 2 N–H and O–H groups in total. The summed E-state index contributed by atoms with van der Waals surface area (Å²) in [4.78, 5) is 16.7. The van der Waals surface area contributed by atoms with E-state index >= 15 is 0 Å². The lowest BCUT2D eigenvalue weighted by Crippen LogP contribution is -2.42. The van der Waals surface area contributed by atoms with Gasteiger partial charge in [-0.3, -0.25) is 0 Å². The number of rotatable bonds is 1. The zero-order valence-electron chi connectivity index (χ0n) is 11.4. The van der Waals surface area contributed by atoms with E-state index in [9.17, 15) is 4.79 Å². The second-order valence-electron chi connectivity index (χ2n) is 5.25. The van der Waals surface area contributed by atoms with E-state index in [0.717, 1.165) is 36.5 Å². The Balaban J connectivity index is 1.83. The summed E-state index contributed by atoms with van der Waals surface area (Å²) in [7, 11) is 1.68. The summed E-state index contributed by atoms with van der Waals surface area (Å²) in [5.74, 6) is 0.466. The number of nitrogens with zero attached hydrogens (tertiary/aromatic N) is 1. The van der Waals surface area contributed by atoms with Gasteiger partial charge in [-0.25, -0.2) is 4.79 Å². The van der Waals surface area contributed by atoms with Crippen LogP contribution in [-0.2, 0) is 0 Å². The summed E-state index contributed by atoms with van der Waals surface area (Å²) < 4.78 is 0. The summed E-state index contributed by atoms with van der Waals surface area (Å²) >= 11 is 6.21. The van der Waals surface area contributed by atoms with Crippen molar-refractivity contribution >= 4 is 28.5 Å². The lowest BCUT2D eigenvalue weighted by molar-refractivity contribution is 0.183. The van der Waals surface area contributed by atoms with Crippen LogP contribution in [0.1, 0.15) is 24.3 Å². The maximum atomic E-state index is 11.6. The van der Waals surface area contributed by atoms with Gasteiger partial charge in [0.25, 0.3) is 0 Å². The minimum atomic E-state index is 0.0151. The molecule has 2 aromatic rings. The largest absolute Gasteiger partial charge is 0.361 e. The average Bonchev–Trinajstić information content (AvgIpc) is 2.94. The zero-order chi connectivity index (χ0) is 14.1. The highest BCUT2D eigenvalue weighted by molar-refractivity contribution is 6.31. The first-order chi connectivity index (χ1) is 9.69. The van der Waals surface area contributed by atoms with Crippen LogP contribution in [0.15, 0.2) is 24.4 Å². The van der Waals surface area contributed by atoms with Crippen molar-refractivity contribution in [2.24, 2.45) is 0 Å². The number of carbonyl (C=O) groups is 1. The number of aromatic amines is 1. The fourth-order valence-corrected chi connectivity index (χ4v) is 3.28.